The van der Waals surface area contributed by atoms with Gasteiger partial charge in [0.25, 0.3) is 11.8 Å². The molecular weight excluding hydrogens is 352 g/mol. The van der Waals surface area contributed by atoms with Gasteiger partial charge in [0.1, 0.15) is 11.4 Å². The monoisotopic (exact) mass is 380 g/mol. The van der Waals surface area contributed by atoms with Crippen molar-refractivity contribution in [2.24, 2.45) is 5.92 Å². The molecule has 1 aromatic carbocycles. The third-order valence-corrected chi connectivity index (χ3v) is 4.82. The number of nitrogens with one attached hydrogen (secondary N) is 2. The molecule has 1 aromatic heterocycles. The Hall–Kier alpha value is -2.89. The summed E-state index contributed by atoms with van der Waals surface area (Å²) in [6, 6.07) is 12.7. The average molecular weight is 380 g/mol. The van der Waals surface area contributed by atoms with Crippen LogP contribution >= 0.6 is 0 Å². The van der Waals surface area contributed by atoms with E-state index in [1.54, 1.807) is 18.2 Å². The molecule has 0 saturated carbocycles. The molecule has 0 atom stereocenters. The van der Waals surface area contributed by atoms with E-state index in [1.165, 1.54) is 18.5 Å². The van der Waals surface area contributed by atoms with E-state index in [9.17, 15) is 9.59 Å². The standard InChI is InChI=1S/C22H28N4O2/c1-16(2)12-13-23-21(27)19-6-5-7-20(25-19)22(28)24-17-8-10-18(11-9-17)26-14-3-4-15-26/h5-11,16H,3-4,12-15H2,1-2H3,(H,23,27)(H,24,28). The largest absolute Gasteiger partial charge is 0.372 e. The normalized spacial score (nSPS) is 13.6. The van der Waals surface area contributed by atoms with Crippen LogP contribution in [0.2, 0.25) is 0 Å². The van der Waals surface area contributed by atoms with Crippen LogP contribution in [0, 0.1) is 5.92 Å². The smallest absolute Gasteiger partial charge is 0.274 e. The van der Waals surface area contributed by atoms with E-state index in [2.05, 4.69) is 34.4 Å². The number of hydrogen-bond acceptors (Lipinski definition) is 4. The summed E-state index contributed by atoms with van der Waals surface area (Å²) >= 11 is 0. The highest BCUT2D eigenvalue weighted by Crippen LogP contribution is 2.22. The van der Waals surface area contributed by atoms with Crippen molar-refractivity contribution in [3.63, 3.8) is 0 Å². The molecule has 0 spiro atoms. The maximum absolute atomic E-state index is 12.5. The first-order valence-corrected chi connectivity index (χ1v) is 9.94. The van der Waals surface area contributed by atoms with E-state index in [0.29, 0.717) is 18.2 Å². The van der Waals surface area contributed by atoms with Gasteiger partial charge in [-0.05, 0) is 61.6 Å². The highest BCUT2D eigenvalue weighted by Gasteiger charge is 2.14. The maximum atomic E-state index is 12.5. The Kier molecular flexibility index (Phi) is 6.63. The number of aromatic nitrogens is 1. The molecule has 28 heavy (non-hydrogen) atoms. The first-order chi connectivity index (χ1) is 13.5. The number of pyridine rings is 1. The first-order valence-electron chi connectivity index (χ1n) is 9.94. The van der Waals surface area contributed by atoms with Gasteiger partial charge in [-0.15, -0.1) is 0 Å². The zero-order chi connectivity index (χ0) is 19.9. The molecule has 6 heteroatoms. The van der Waals surface area contributed by atoms with Crippen molar-refractivity contribution in [3.05, 3.63) is 53.9 Å². The molecule has 2 amide bonds. The Labute approximate surface area is 166 Å². The minimum Gasteiger partial charge on any atom is -0.372 e. The van der Waals surface area contributed by atoms with Crippen LogP contribution in [-0.2, 0) is 0 Å². The van der Waals surface area contributed by atoms with Gasteiger partial charge < -0.3 is 15.5 Å². The van der Waals surface area contributed by atoms with Crippen LogP contribution in [0.1, 0.15) is 54.1 Å². The lowest BCUT2D eigenvalue weighted by molar-refractivity contribution is 0.0947. The number of hydrogen-bond donors (Lipinski definition) is 2. The number of carbonyl (C=O) groups is 2. The van der Waals surface area contributed by atoms with Crippen molar-refractivity contribution in [2.45, 2.75) is 33.1 Å². The van der Waals surface area contributed by atoms with E-state index in [4.69, 9.17) is 0 Å². The van der Waals surface area contributed by atoms with Gasteiger partial charge in [-0.3, -0.25) is 9.59 Å². The summed E-state index contributed by atoms with van der Waals surface area (Å²) in [6.07, 6.45) is 3.36. The predicted molar refractivity (Wildman–Crippen MR) is 112 cm³/mol. The number of amides is 2. The molecule has 1 aliphatic heterocycles. The molecular formula is C22H28N4O2. The Morgan fingerprint density at radius 1 is 1.00 bits per heavy atom. The molecule has 1 aliphatic rings. The molecule has 2 N–H and O–H groups in total. The highest BCUT2D eigenvalue weighted by atomic mass is 16.2. The van der Waals surface area contributed by atoms with Gasteiger partial charge in [-0.2, -0.15) is 0 Å². The Bertz CT molecular complexity index is 812. The van der Waals surface area contributed by atoms with Gasteiger partial charge in [-0.1, -0.05) is 19.9 Å². The van der Waals surface area contributed by atoms with Crippen molar-refractivity contribution < 1.29 is 9.59 Å². The van der Waals surface area contributed by atoms with Crippen LogP contribution in [0.15, 0.2) is 42.5 Å². The number of nitrogens with zero attached hydrogens (tertiary/aromatic N) is 2. The molecule has 6 nitrogen and oxygen atoms in total. The Morgan fingerprint density at radius 3 is 2.29 bits per heavy atom. The molecule has 2 aromatic rings. The van der Waals surface area contributed by atoms with E-state index in [-0.39, 0.29) is 23.2 Å². The Morgan fingerprint density at radius 2 is 1.64 bits per heavy atom. The van der Waals surface area contributed by atoms with Crippen molar-refractivity contribution >= 4 is 23.2 Å². The Balaban J connectivity index is 1.60. The maximum Gasteiger partial charge on any atom is 0.274 e. The summed E-state index contributed by atoms with van der Waals surface area (Å²) in [4.78, 5) is 31.3. The van der Waals surface area contributed by atoms with Crippen molar-refractivity contribution in [3.8, 4) is 0 Å². The van der Waals surface area contributed by atoms with E-state index in [1.807, 2.05) is 24.3 Å². The fraction of sp³-hybridized carbons (Fsp3) is 0.409. The summed E-state index contributed by atoms with van der Waals surface area (Å²) < 4.78 is 0. The lowest BCUT2D eigenvalue weighted by Crippen LogP contribution is -2.27. The summed E-state index contributed by atoms with van der Waals surface area (Å²) in [6.45, 7) is 6.97. The van der Waals surface area contributed by atoms with Crippen molar-refractivity contribution in [1.82, 2.24) is 10.3 Å². The SMILES string of the molecule is CC(C)CCNC(=O)c1cccc(C(=O)Nc2ccc(N3CCCC3)cc2)n1. The number of anilines is 2. The fourth-order valence-corrected chi connectivity index (χ4v) is 3.18. The van der Waals surface area contributed by atoms with Gasteiger partial charge in [0.2, 0.25) is 0 Å². The molecule has 1 saturated heterocycles. The molecule has 3 rings (SSSR count). The van der Waals surface area contributed by atoms with Crippen LogP contribution in [0.4, 0.5) is 11.4 Å². The lowest BCUT2D eigenvalue weighted by atomic mass is 10.1. The summed E-state index contributed by atoms with van der Waals surface area (Å²) in [5.74, 6) is -0.0711. The third kappa shape index (κ3) is 5.31. The second-order valence-corrected chi connectivity index (χ2v) is 7.54. The van der Waals surface area contributed by atoms with Crippen LogP contribution in [0.3, 0.4) is 0 Å². The molecule has 0 radical (unpaired) electrons. The zero-order valence-corrected chi connectivity index (χ0v) is 16.6. The average Bonchev–Trinajstić information content (AvgIpc) is 3.23. The highest BCUT2D eigenvalue weighted by molar-refractivity contribution is 6.03. The van der Waals surface area contributed by atoms with Crippen molar-refractivity contribution in [2.75, 3.05) is 29.9 Å². The number of rotatable bonds is 7. The van der Waals surface area contributed by atoms with Gasteiger partial charge in [0.15, 0.2) is 0 Å². The second-order valence-electron chi connectivity index (χ2n) is 7.54. The molecule has 0 bridgehead atoms. The minimum absolute atomic E-state index is 0.222. The minimum atomic E-state index is -0.328. The summed E-state index contributed by atoms with van der Waals surface area (Å²) in [7, 11) is 0. The number of benzene rings is 1. The van der Waals surface area contributed by atoms with Crippen LogP contribution < -0.4 is 15.5 Å². The van der Waals surface area contributed by atoms with Gasteiger partial charge >= 0.3 is 0 Å². The van der Waals surface area contributed by atoms with E-state index < -0.39 is 0 Å². The van der Waals surface area contributed by atoms with Gasteiger partial charge in [0, 0.05) is 31.0 Å². The third-order valence-electron chi connectivity index (χ3n) is 4.82. The fourth-order valence-electron chi connectivity index (χ4n) is 3.18. The first kappa shape index (κ1) is 19.9. The van der Waals surface area contributed by atoms with Gasteiger partial charge in [-0.25, -0.2) is 4.98 Å². The molecule has 0 aliphatic carbocycles. The van der Waals surface area contributed by atoms with E-state index >= 15 is 0 Å². The number of carbonyl (C=O) groups excluding carboxylic acids is 2. The van der Waals surface area contributed by atoms with Crippen LogP contribution in [0.5, 0.6) is 0 Å². The van der Waals surface area contributed by atoms with E-state index in [0.717, 1.165) is 19.5 Å². The zero-order valence-electron chi connectivity index (χ0n) is 16.6. The summed E-state index contributed by atoms with van der Waals surface area (Å²) in [5, 5.41) is 5.69. The van der Waals surface area contributed by atoms with Crippen LogP contribution in [-0.4, -0.2) is 36.4 Å². The second kappa shape index (κ2) is 9.35. The van der Waals surface area contributed by atoms with Crippen molar-refractivity contribution in [1.29, 1.82) is 0 Å². The lowest BCUT2D eigenvalue weighted by Gasteiger charge is -2.17. The topological polar surface area (TPSA) is 74.3 Å². The summed E-state index contributed by atoms with van der Waals surface area (Å²) in [5.41, 5.74) is 2.36. The quantitative estimate of drug-likeness (QED) is 0.768. The molecule has 0 unspecified atom stereocenters. The van der Waals surface area contributed by atoms with Gasteiger partial charge in [0.05, 0.1) is 0 Å². The molecule has 148 valence electrons. The predicted octanol–water partition coefficient (Wildman–Crippen LogP) is 3.71. The molecule has 2 heterocycles. The molecule has 1 fully saturated rings. The van der Waals surface area contributed by atoms with Crippen LogP contribution in [0.25, 0.3) is 0 Å².